The van der Waals surface area contributed by atoms with E-state index in [1.807, 2.05) is 0 Å². The van der Waals surface area contributed by atoms with Crippen LogP contribution in [0.25, 0.3) is 0 Å². The highest BCUT2D eigenvalue weighted by Gasteiger charge is 2.31. The monoisotopic (exact) mass is 285 g/mol. The van der Waals surface area contributed by atoms with Gasteiger partial charge in [0.2, 0.25) is 0 Å². The summed E-state index contributed by atoms with van der Waals surface area (Å²) < 4.78 is 0. The van der Waals surface area contributed by atoms with E-state index in [9.17, 15) is 4.79 Å². The molecule has 0 radical (unpaired) electrons. The molecule has 0 aromatic rings. The van der Waals surface area contributed by atoms with Crippen molar-refractivity contribution in [3.63, 3.8) is 0 Å². The van der Waals surface area contributed by atoms with Gasteiger partial charge in [0.05, 0.1) is 11.9 Å². The molecule has 5 heteroatoms. The maximum Gasteiger partial charge on any atom is 0.284 e. The largest absolute Gasteiger partial charge is 0.372 e. The van der Waals surface area contributed by atoms with E-state index in [0.29, 0.717) is 11.8 Å². The van der Waals surface area contributed by atoms with Crippen molar-refractivity contribution in [3.8, 4) is 0 Å². The summed E-state index contributed by atoms with van der Waals surface area (Å²) in [6, 6.07) is 0. The lowest BCUT2D eigenvalue weighted by molar-refractivity contribution is -0.117. The lowest BCUT2D eigenvalue weighted by Gasteiger charge is -2.38. The maximum absolute atomic E-state index is 11.4. The van der Waals surface area contributed by atoms with Crippen molar-refractivity contribution in [2.45, 2.75) is 25.1 Å². The Morgan fingerprint density at radius 1 is 1.38 bits per heavy atom. The van der Waals surface area contributed by atoms with Gasteiger partial charge in [0, 0.05) is 13.1 Å². The Labute approximate surface area is 104 Å². The average molecular weight is 286 g/mol. The number of alkyl halides is 1. The molecule has 0 saturated carbocycles. The van der Waals surface area contributed by atoms with Crippen molar-refractivity contribution in [2.24, 2.45) is 22.1 Å². The van der Waals surface area contributed by atoms with E-state index >= 15 is 0 Å². The van der Waals surface area contributed by atoms with Gasteiger partial charge in [-0.25, -0.2) is 0 Å². The highest BCUT2D eigenvalue weighted by Crippen LogP contribution is 2.29. The summed E-state index contributed by atoms with van der Waals surface area (Å²) in [6.07, 6.45) is 2.96. The van der Waals surface area contributed by atoms with Gasteiger partial charge in [0.15, 0.2) is 0 Å². The van der Waals surface area contributed by atoms with E-state index in [1.165, 1.54) is 6.42 Å². The minimum absolute atomic E-state index is 0.205. The van der Waals surface area contributed by atoms with Crippen LogP contribution >= 0.6 is 15.9 Å². The standard InChI is InChI=1S/C11H16BrN3O/c1-7-3-8(2)6-15(5-7)9-4-13-14-11(16)10(9)12/h4,7-8,10H,3,5-6H2,1-2H3. The fourth-order valence-corrected chi connectivity index (χ4v) is 3.00. The lowest BCUT2D eigenvalue weighted by atomic mass is 9.91. The van der Waals surface area contributed by atoms with Crippen LogP contribution < -0.4 is 0 Å². The van der Waals surface area contributed by atoms with E-state index in [2.05, 4.69) is 44.9 Å². The molecule has 1 saturated heterocycles. The van der Waals surface area contributed by atoms with Crippen LogP contribution in [-0.4, -0.2) is 28.7 Å². The number of hydrogen-bond donors (Lipinski definition) is 0. The normalized spacial score (nSPS) is 35.2. The second kappa shape index (κ2) is 4.65. The van der Waals surface area contributed by atoms with Crippen LogP contribution in [0.15, 0.2) is 22.1 Å². The van der Waals surface area contributed by atoms with Gasteiger partial charge in [-0.3, -0.25) is 4.79 Å². The molecule has 0 N–H and O–H groups in total. The molecule has 2 aliphatic rings. The van der Waals surface area contributed by atoms with Crippen molar-refractivity contribution >= 4 is 21.8 Å². The summed E-state index contributed by atoms with van der Waals surface area (Å²) in [5, 5.41) is 7.29. The molecule has 3 unspecified atom stereocenters. The van der Waals surface area contributed by atoms with Gasteiger partial charge < -0.3 is 4.90 Å². The molecule has 0 aliphatic carbocycles. The van der Waals surface area contributed by atoms with Crippen LogP contribution in [0, 0.1) is 11.8 Å². The number of amides is 1. The molecule has 0 bridgehead atoms. The van der Waals surface area contributed by atoms with Crippen molar-refractivity contribution in [1.29, 1.82) is 0 Å². The Hall–Kier alpha value is -0.710. The zero-order chi connectivity index (χ0) is 11.7. The third kappa shape index (κ3) is 2.34. The predicted octanol–water partition coefficient (Wildman–Crippen LogP) is 2.56. The molecule has 3 atom stereocenters. The first kappa shape index (κ1) is 11.8. The fourth-order valence-electron chi connectivity index (χ4n) is 2.50. The Morgan fingerprint density at radius 3 is 2.62 bits per heavy atom. The molecular weight excluding hydrogens is 270 g/mol. The third-order valence-electron chi connectivity index (χ3n) is 3.06. The second-order valence-corrected chi connectivity index (χ2v) is 5.74. The fraction of sp³-hybridized carbons (Fsp3) is 0.727. The maximum atomic E-state index is 11.4. The van der Waals surface area contributed by atoms with Gasteiger partial charge in [-0.15, -0.1) is 5.11 Å². The Bertz CT molecular complexity index is 343. The number of azo groups is 1. The number of piperidine rings is 1. The topological polar surface area (TPSA) is 45.0 Å². The van der Waals surface area contributed by atoms with Crippen molar-refractivity contribution in [3.05, 3.63) is 11.9 Å². The lowest BCUT2D eigenvalue weighted by Crippen LogP contribution is -2.41. The molecule has 88 valence electrons. The van der Waals surface area contributed by atoms with Gasteiger partial charge >= 0.3 is 0 Å². The highest BCUT2D eigenvalue weighted by molar-refractivity contribution is 9.10. The zero-order valence-corrected chi connectivity index (χ0v) is 11.1. The van der Waals surface area contributed by atoms with Crippen LogP contribution in [0.5, 0.6) is 0 Å². The molecule has 16 heavy (non-hydrogen) atoms. The minimum atomic E-state index is -0.317. The molecule has 2 rings (SSSR count). The van der Waals surface area contributed by atoms with Crippen molar-refractivity contribution in [2.75, 3.05) is 13.1 Å². The van der Waals surface area contributed by atoms with Gasteiger partial charge in [-0.05, 0) is 18.3 Å². The number of likely N-dealkylation sites (tertiary alicyclic amines) is 1. The molecule has 1 amide bonds. The van der Waals surface area contributed by atoms with Crippen LogP contribution in [-0.2, 0) is 4.79 Å². The average Bonchev–Trinajstić information content (AvgIpc) is 2.20. The van der Waals surface area contributed by atoms with Gasteiger partial charge in [-0.2, -0.15) is 5.11 Å². The van der Waals surface area contributed by atoms with Crippen LogP contribution in [0.3, 0.4) is 0 Å². The third-order valence-corrected chi connectivity index (χ3v) is 3.92. The second-order valence-electron chi connectivity index (χ2n) is 4.82. The predicted molar refractivity (Wildman–Crippen MR) is 65.2 cm³/mol. The molecule has 0 aromatic carbocycles. The SMILES string of the molecule is CC1CC(C)CN(C2=CN=NC(=O)C2Br)C1. The molecule has 4 nitrogen and oxygen atoms in total. The summed E-state index contributed by atoms with van der Waals surface area (Å²) in [6.45, 7) is 6.50. The van der Waals surface area contributed by atoms with Gasteiger partial charge in [0.25, 0.3) is 5.91 Å². The van der Waals surface area contributed by atoms with Gasteiger partial charge in [-0.1, -0.05) is 29.8 Å². The van der Waals surface area contributed by atoms with E-state index in [0.717, 1.165) is 18.8 Å². The molecule has 2 heterocycles. The van der Waals surface area contributed by atoms with Crippen molar-refractivity contribution in [1.82, 2.24) is 4.90 Å². The summed E-state index contributed by atoms with van der Waals surface area (Å²) in [5.74, 6) is 1.13. The summed E-state index contributed by atoms with van der Waals surface area (Å²) in [4.78, 5) is 13.4. The van der Waals surface area contributed by atoms with Crippen LogP contribution in [0.4, 0.5) is 0 Å². The summed E-state index contributed by atoms with van der Waals surface area (Å²) in [5.41, 5.74) is 0.957. The van der Waals surface area contributed by atoms with Gasteiger partial charge in [0.1, 0.15) is 4.83 Å². The molecule has 1 fully saturated rings. The van der Waals surface area contributed by atoms with E-state index in [1.54, 1.807) is 6.20 Å². The van der Waals surface area contributed by atoms with E-state index < -0.39 is 0 Å². The van der Waals surface area contributed by atoms with E-state index in [-0.39, 0.29) is 10.7 Å². The molecule has 0 aromatic heterocycles. The van der Waals surface area contributed by atoms with Crippen LogP contribution in [0.1, 0.15) is 20.3 Å². The first-order valence-corrected chi connectivity index (χ1v) is 6.53. The van der Waals surface area contributed by atoms with E-state index in [4.69, 9.17) is 0 Å². The zero-order valence-electron chi connectivity index (χ0n) is 9.56. The molecule has 0 spiro atoms. The highest BCUT2D eigenvalue weighted by atomic mass is 79.9. The summed E-state index contributed by atoms with van der Waals surface area (Å²) in [7, 11) is 0. The summed E-state index contributed by atoms with van der Waals surface area (Å²) >= 11 is 3.38. The Morgan fingerprint density at radius 2 is 2.00 bits per heavy atom. The molecular formula is C11H16BrN3O. The quantitative estimate of drug-likeness (QED) is 0.695. The Balaban J connectivity index is 2.15. The number of hydrogen-bond acceptors (Lipinski definition) is 3. The minimum Gasteiger partial charge on any atom is -0.372 e. The first-order valence-electron chi connectivity index (χ1n) is 5.61. The first-order chi connectivity index (χ1) is 7.58. The number of nitrogens with zero attached hydrogens (tertiary/aromatic N) is 3. The van der Waals surface area contributed by atoms with Crippen molar-refractivity contribution < 1.29 is 4.79 Å². The number of carbonyl (C=O) groups excluding carboxylic acids is 1. The number of carbonyl (C=O) groups is 1. The van der Waals surface area contributed by atoms with Crippen LogP contribution in [0.2, 0.25) is 0 Å². The molecule has 2 aliphatic heterocycles. The smallest absolute Gasteiger partial charge is 0.284 e. The number of rotatable bonds is 1. The Kier molecular flexibility index (Phi) is 3.42. The number of halogens is 1.